The Labute approximate surface area is 242 Å². The predicted octanol–water partition coefficient (Wildman–Crippen LogP) is 3.96. The fourth-order valence-electron chi connectivity index (χ4n) is 4.87. The van der Waals surface area contributed by atoms with E-state index in [1.165, 1.54) is 23.7 Å². The second-order valence-electron chi connectivity index (χ2n) is 9.75. The molecule has 10 heteroatoms. The molecule has 0 aliphatic carbocycles. The summed E-state index contributed by atoms with van der Waals surface area (Å²) < 4.78 is 17.6. The van der Waals surface area contributed by atoms with Crippen LogP contribution < -0.4 is 10.3 Å². The Morgan fingerprint density at radius 2 is 1.45 bits per heavy atom. The van der Waals surface area contributed by atoms with Crippen molar-refractivity contribution in [2.24, 2.45) is 7.05 Å². The number of hydrogen-bond acceptors (Lipinski definition) is 8. The standard InChI is InChI=1S/C32H29N3O7/c1-34-28(33-26(32(39)40-2)27(30(34)37)42-31(38)23-16-10-5-11-17-23)25-18-24(41-20-21-12-6-3-7-13-21)19-35(25)29(36)22-14-8-4-9-15-22/h3-17,24-25H,18-20H2,1-2H3. The van der Waals surface area contributed by atoms with Gasteiger partial charge in [0.05, 0.1) is 31.4 Å². The number of ether oxygens (including phenoxy) is 3. The highest BCUT2D eigenvalue weighted by atomic mass is 16.5. The Morgan fingerprint density at radius 3 is 2.07 bits per heavy atom. The third-order valence-electron chi connectivity index (χ3n) is 7.04. The van der Waals surface area contributed by atoms with E-state index in [2.05, 4.69) is 4.98 Å². The summed E-state index contributed by atoms with van der Waals surface area (Å²) in [6, 6.07) is 25.7. The van der Waals surface area contributed by atoms with Crippen LogP contribution in [0.25, 0.3) is 0 Å². The Bertz CT molecular complexity index is 1640. The number of rotatable bonds is 8. The Morgan fingerprint density at radius 1 is 0.857 bits per heavy atom. The number of hydrogen-bond donors (Lipinski definition) is 0. The van der Waals surface area contributed by atoms with Gasteiger partial charge >= 0.3 is 11.9 Å². The first kappa shape index (κ1) is 28.4. The molecule has 2 atom stereocenters. The van der Waals surface area contributed by atoms with Crippen molar-refractivity contribution in [3.05, 3.63) is 130 Å². The average molecular weight is 568 g/mol. The summed E-state index contributed by atoms with van der Waals surface area (Å²) in [5.41, 5.74) is 0.391. The lowest BCUT2D eigenvalue weighted by Gasteiger charge is -2.26. The first-order valence-electron chi connectivity index (χ1n) is 13.4. The summed E-state index contributed by atoms with van der Waals surface area (Å²) in [4.78, 5) is 58.9. The number of esters is 2. The summed E-state index contributed by atoms with van der Waals surface area (Å²) in [7, 11) is 2.59. The first-order chi connectivity index (χ1) is 20.4. The Balaban J connectivity index is 1.52. The molecular formula is C32H29N3O7. The van der Waals surface area contributed by atoms with Gasteiger partial charge in [-0.05, 0) is 29.8 Å². The molecule has 1 fully saturated rings. The van der Waals surface area contributed by atoms with Crippen LogP contribution >= 0.6 is 0 Å². The van der Waals surface area contributed by atoms with E-state index in [4.69, 9.17) is 14.2 Å². The first-order valence-corrected chi connectivity index (χ1v) is 13.4. The third-order valence-corrected chi connectivity index (χ3v) is 7.04. The van der Waals surface area contributed by atoms with Crippen molar-refractivity contribution in [3.63, 3.8) is 0 Å². The van der Waals surface area contributed by atoms with Gasteiger partial charge in [-0.1, -0.05) is 66.7 Å². The second-order valence-corrected chi connectivity index (χ2v) is 9.75. The fraction of sp³-hybridized carbons (Fsp3) is 0.219. The van der Waals surface area contributed by atoms with Gasteiger partial charge in [0.1, 0.15) is 5.82 Å². The smallest absolute Gasteiger partial charge is 0.360 e. The molecule has 0 radical (unpaired) electrons. The Hall–Kier alpha value is -5.09. The van der Waals surface area contributed by atoms with E-state index in [0.717, 1.165) is 12.7 Å². The summed E-state index contributed by atoms with van der Waals surface area (Å²) in [5, 5.41) is 0. The number of carbonyl (C=O) groups excluding carboxylic acids is 3. The molecule has 1 aliphatic heterocycles. The third kappa shape index (κ3) is 5.98. The summed E-state index contributed by atoms with van der Waals surface area (Å²) in [6.07, 6.45) is -0.0629. The minimum atomic E-state index is -0.958. The lowest BCUT2D eigenvalue weighted by molar-refractivity contribution is 0.0437. The maximum atomic E-state index is 13.7. The Kier molecular flexibility index (Phi) is 8.54. The van der Waals surface area contributed by atoms with E-state index in [0.29, 0.717) is 18.6 Å². The van der Waals surface area contributed by atoms with Crippen LogP contribution in [0.3, 0.4) is 0 Å². The van der Waals surface area contributed by atoms with Gasteiger partial charge in [-0.15, -0.1) is 0 Å². The molecule has 5 rings (SSSR count). The van der Waals surface area contributed by atoms with E-state index in [1.54, 1.807) is 47.4 Å². The van der Waals surface area contributed by atoms with E-state index < -0.39 is 35.0 Å². The van der Waals surface area contributed by atoms with Gasteiger partial charge in [-0.2, -0.15) is 0 Å². The minimum Gasteiger partial charge on any atom is -0.464 e. The molecule has 0 saturated carbocycles. The number of nitrogens with zero attached hydrogens (tertiary/aromatic N) is 3. The molecule has 1 aliphatic rings. The summed E-state index contributed by atoms with van der Waals surface area (Å²) >= 11 is 0. The molecule has 3 aromatic carbocycles. The maximum Gasteiger partial charge on any atom is 0.360 e. The van der Waals surface area contributed by atoms with Gasteiger partial charge in [-0.25, -0.2) is 14.6 Å². The summed E-state index contributed by atoms with van der Waals surface area (Å²) in [5.74, 6) is -2.49. The zero-order valence-corrected chi connectivity index (χ0v) is 23.1. The second kappa shape index (κ2) is 12.6. The highest BCUT2D eigenvalue weighted by molar-refractivity contribution is 5.95. The fourth-order valence-corrected chi connectivity index (χ4v) is 4.87. The number of methoxy groups -OCH3 is 1. The lowest BCUT2D eigenvalue weighted by Crippen LogP contribution is -2.37. The average Bonchev–Trinajstić information content (AvgIpc) is 3.47. The normalized spacial score (nSPS) is 16.2. The molecule has 10 nitrogen and oxygen atoms in total. The van der Waals surface area contributed by atoms with Crippen molar-refractivity contribution < 1.29 is 28.6 Å². The van der Waals surface area contributed by atoms with Crippen LogP contribution in [0.15, 0.2) is 95.8 Å². The number of amides is 1. The van der Waals surface area contributed by atoms with Crippen molar-refractivity contribution in [3.8, 4) is 5.75 Å². The molecule has 1 amide bonds. The predicted molar refractivity (Wildman–Crippen MR) is 152 cm³/mol. The monoisotopic (exact) mass is 567 g/mol. The molecular weight excluding hydrogens is 538 g/mol. The molecule has 1 saturated heterocycles. The topological polar surface area (TPSA) is 117 Å². The van der Waals surface area contributed by atoms with Crippen molar-refractivity contribution in [1.29, 1.82) is 0 Å². The number of aromatic nitrogens is 2. The van der Waals surface area contributed by atoms with Gasteiger partial charge in [0, 0.05) is 25.6 Å². The van der Waals surface area contributed by atoms with Crippen molar-refractivity contribution in [1.82, 2.24) is 14.5 Å². The number of carbonyl (C=O) groups is 3. The van der Waals surface area contributed by atoms with Crippen LogP contribution in [-0.4, -0.2) is 52.1 Å². The van der Waals surface area contributed by atoms with Crippen LogP contribution in [0.4, 0.5) is 0 Å². The van der Waals surface area contributed by atoms with Gasteiger partial charge in [0.25, 0.3) is 11.5 Å². The van der Waals surface area contributed by atoms with Crippen LogP contribution in [0, 0.1) is 0 Å². The van der Waals surface area contributed by atoms with Crippen molar-refractivity contribution >= 4 is 17.8 Å². The van der Waals surface area contributed by atoms with E-state index in [1.807, 2.05) is 36.4 Å². The van der Waals surface area contributed by atoms with E-state index in [-0.39, 0.29) is 29.9 Å². The molecule has 2 unspecified atom stereocenters. The number of likely N-dealkylation sites (tertiary alicyclic amines) is 1. The zero-order chi connectivity index (χ0) is 29.6. The van der Waals surface area contributed by atoms with Gasteiger partial charge in [-0.3, -0.25) is 14.2 Å². The van der Waals surface area contributed by atoms with Gasteiger partial charge < -0.3 is 19.1 Å². The molecule has 0 spiro atoms. The molecule has 0 bridgehead atoms. The molecule has 4 aromatic rings. The number of benzene rings is 3. The zero-order valence-electron chi connectivity index (χ0n) is 23.1. The van der Waals surface area contributed by atoms with Gasteiger partial charge in [0.15, 0.2) is 5.69 Å². The molecule has 0 N–H and O–H groups in total. The van der Waals surface area contributed by atoms with Crippen LogP contribution in [-0.2, 0) is 23.1 Å². The van der Waals surface area contributed by atoms with Crippen molar-refractivity contribution in [2.75, 3.05) is 13.7 Å². The maximum absolute atomic E-state index is 13.7. The summed E-state index contributed by atoms with van der Waals surface area (Å²) in [6.45, 7) is 0.569. The van der Waals surface area contributed by atoms with Crippen LogP contribution in [0.1, 0.15) is 55.1 Å². The van der Waals surface area contributed by atoms with Crippen LogP contribution in [0.5, 0.6) is 5.75 Å². The van der Waals surface area contributed by atoms with Crippen molar-refractivity contribution in [2.45, 2.75) is 25.2 Å². The highest BCUT2D eigenvalue weighted by Crippen LogP contribution is 2.34. The highest BCUT2D eigenvalue weighted by Gasteiger charge is 2.40. The van der Waals surface area contributed by atoms with Gasteiger partial charge in [0.2, 0.25) is 5.75 Å². The molecule has 2 heterocycles. The van der Waals surface area contributed by atoms with Crippen LogP contribution in [0.2, 0.25) is 0 Å². The quantitative estimate of drug-likeness (QED) is 0.294. The molecule has 214 valence electrons. The van der Waals surface area contributed by atoms with E-state index in [9.17, 15) is 19.2 Å². The SMILES string of the molecule is COC(=O)c1nc(C2CC(OCc3ccccc3)CN2C(=O)c2ccccc2)n(C)c(=O)c1OC(=O)c1ccccc1. The minimum absolute atomic E-state index is 0.134. The molecule has 42 heavy (non-hydrogen) atoms. The lowest BCUT2D eigenvalue weighted by atomic mass is 10.1. The molecule has 1 aromatic heterocycles. The van der Waals surface area contributed by atoms with E-state index >= 15 is 0 Å². The largest absolute Gasteiger partial charge is 0.464 e.